The molecule has 57 heavy (non-hydrogen) atoms. The first-order valence-electron chi connectivity index (χ1n) is 19.6. The minimum absolute atomic E-state index is 0.158. The highest BCUT2D eigenvalue weighted by Crippen LogP contribution is 2.53. The van der Waals surface area contributed by atoms with Gasteiger partial charge < -0.3 is 0 Å². The molecule has 268 valence electrons. The summed E-state index contributed by atoms with van der Waals surface area (Å²) in [5, 5.41) is 5.96. The van der Waals surface area contributed by atoms with Crippen LogP contribution in [0.2, 0.25) is 0 Å². The summed E-state index contributed by atoms with van der Waals surface area (Å²) >= 11 is 0. The fraction of sp³-hybridized carbons (Fsp3) is 0.0556. The summed E-state index contributed by atoms with van der Waals surface area (Å²) < 4.78 is 0. The Morgan fingerprint density at radius 1 is 0.386 bits per heavy atom. The molecule has 0 unspecified atom stereocenters. The van der Waals surface area contributed by atoms with E-state index in [1.165, 1.54) is 60.7 Å². The van der Waals surface area contributed by atoms with Crippen molar-refractivity contribution in [3.05, 3.63) is 199 Å². The molecule has 1 aliphatic rings. The minimum Gasteiger partial charge on any atom is -0.256 e. The summed E-state index contributed by atoms with van der Waals surface area (Å²) in [5.74, 6) is 0.709. The molecule has 0 saturated carbocycles. The quantitative estimate of drug-likeness (QED) is 0.177. The van der Waals surface area contributed by atoms with Gasteiger partial charge in [0, 0.05) is 33.7 Å². The molecular formula is C54H37N3. The molecular weight excluding hydrogens is 691 g/mol. The normalized spacial score (nSPS) is 12.9. The van der Waals surface area contributed by atoms with Gasteiger partial charge in [0.2, 0.25) is 0 Å². The lowest BCUT2D eigenvalue weighted by molar-refractivity contribution is 0.661. The predicted molar refractivity (Wildman–Crippen MR) is 237 cm³/mol. The van der Waals surface area contributed by atoms with Crippen molar-refractivity contribution in [2.45, 2.75) is 19.3 Å². The number of rotatable bonds is 5. The summed E-state index contributed by atoms with van der Waals surface area (Å²) in [6.07, 6.45) is 1.85. The lowest BCUT2D eigenvalue weighted by atomic mass is 9.81. The van der Waals surface area contributed by atoms with Gasteiger partial charge in [-0.05, 0) is 102 Å². The number of fused-ring (bicyclic) bond motifs is 6. The van der Waals surface area contributed by atoms with Crippen molar-refractivity contribution in [3.63, 3.8) is 0 Å². The third-order valence-electron chi connectivity index (χ3n) is 11.9. The lowest BCUT2D eigenvalue weighted by Gasteiger charge is -2.22. The number of hydrogen-bond acceptors (Lipinski definition) is 3. The molecule has 0 bridgehead atoms. The number of hydrogen-bond donors (Lipinski definition) is 0. The van der Waals surface area contributed by atoms with E-state index in [2.05, 4.69) is 189 Å². The van der Waals surface area contributed by atoms with E-state index in [9.17, 15) is 0 Å². The monoisotopic (exact) mass is 727 g/mol. The zero-order chi connectivity index (χ0) is 38.1. The third kappa shape index (κ3) is 5.38. The van der Waals surface area contributed by atoms with Crippen LogP contribution in [0.15, 0.2) is 188 Å². The number of aromatic nitrogens is 3. The second kappa shape index (κ2) is 12.9. The van der Waals surface area contributed by atoms with E-state index in [1.807, 2.05) is 18.3 Å². The van der Waals surface area contributed by atoms with E-state index >= 15 is 0 Å². The SMILES string of the molecule is CC1(C)c2cc3ccccc3cc2-c2c(-c3cc(-c4ccc(-c5ccccc5-c5ccc6ncccc6c5)c5ccccc45)nc(-c4ccccc4)n3)cccc21. The van der Waals surface area contributed by atoms with Crippen LogP contribution in [0.4, 0.5) is 0 Å². The van der Waals surface area contributed by atoms with Crippen LogP contribution < -0.4 is 0 Å². The van der Waals surface area contributed by atoms with Gasteiger partial charge in [-0.2, -0.15) is 0 Å². The molecule has 2 heterocycles. The van der Waals surface area contributed by atoms with E-state index < -0.39 is 0 Å². The summed E-state index contributed by atoms with van der Waals surface area (Å²) in [5.41, 5.74) is 15.8. The highest BCUT2D eigenvalue weighted by Gasteiger charge is 2.37. The van der Waals surface area contributed by atoms with Crippen molar-refractivity contribution in [2.75, 3.05) is 0 Å². The maximum atomic E-state index is 5.36. The van der Waals surface area contributed by atoms with E-state index in [0.717, 1.165) is 44.4 Å². The van der Waals surface area contributed by atoms with Crippen molar-refractivity contribution < 1.29 is 0 Å². The summed E-state index contributed by atoms with van der Waals surface area (Å²) in [6, 6.07) is 65.4. The number of pyridine rings is 1. The summed E-state index contributed by atoms with van der Waals surface area (Å²) in [7, 11) is 0. The standard InChI is InChI=1S/C54H37N3/c1-54(2)47-24-12-23-45(52(47)46-31-35-16-6-7-17-36(35)32-48(46)54)51-33-50(56-53(57-51)34-14-4-3-5-15-34)44-27-26-43(41-21-10-11-22-42(41)44)40-20-9-8-19-39(40)37-25-28-49-38(30-37)18-13-29-55-49/h3-33H,1-2H3. The molecule has 0 N–H and O–H groups in total. The third-order valence-corrected chi connectivity index (χ3v) is 11.9. The highest BCUT2D eigenvalue weighted by atomic mass is 14.9. The summed E-state index contributed by atoms with van der Waals surface area (Å²) in [4.78, 5) is 15.3. The molecule has 10 aromatic rings. The molecule has 0 saturated heterocycles. The zero-order valence-electron chi connectivity index (χ0n) is 31.7. The fourth-order valence-corrected chi connectivity index (χ4v) is 9.10. The Hall–Kier alpha value is -7.23. The van der Waals surface area contributed by atoms with E-state index in [1.54, 1.807) is 0 Å². The van der Waals surface area contributed by atoms with Crippen LogP contribution in [-0.4, -0.2) is 15.0 Å². The first-order valence-corrected chi connectivity index (χ1v) is 19.6. The molecule has 0 atom stereocenters. The Morgan fingerprint density at radius 3 is 1.86 bits per heavy atom. The Bertz CT molecular complexity index is 3220. The zero-order valence-corrected chi connectivity index (χ0v) is 31.7. The molecule has 3 nitrogen and oxygen atoms in total. The maximum Gasteiger partial charge on any atom is 0.160 e. The fourth-order valence-electron chi connectivity index (χ4n) is 9.10. The molecule has 1 aliphatic carbocycles. The van der Waals surface area contributed by atoms with Gasteiger partial charge >= 0.3 is 0 Å². The second-order valence-electron chi connectivity index (χ2n) is 15.6. The van der Waals surface area contributed by atoms with Crippen LogP contribution in [0.1, 0.15) is 25.0 Å². The molecule has 0 amide bonds. The van der Waals surface area contributed by atoms with Crippen LogP contribution in [0.25, 0.3) is 99.7 Å². The first-order chi connectivity index (χ1) is 28.0. The summed E-state index contributed by atoms with van der Waals surface area (Å²) in [6.45, 7) is 4.69. The second-order valence-corrected chi connectivity index (χ2v) is 15.6. The predicted octanol–water partition coefficient (Wildman–Crippen LogP) is 14.0. The Morgan fingerprint density at radius 2 is 1.04 bits per heavy atom. The van der Waals surface area contributed by atoms with Crippen LogP contribution >= 0.6 is 0 Å². The van der Waals surface area contributed by atoms with Crippen molar-refractivity contribution in [2.24, 2.45) is 0 Å². The van der Waals surface area contributed by atoms with E-state index in [-0.39, 0.29) is 5.41 Å². The van der Waals surface area contributed by atoms with E-state index in [0.29, 0.717) is 5.82 Å². The number of benzene rings is 8. The Balaban J connectivity index is 1.12. The van der Waals surface area contributed by atoms with Gasteiger partial charge in [-0.25, -0.2) is 9.97 Å². The van der Waals surface area contributed by atoms with Crippen LogP contribution in [0.3, 0.4) is 0 Å². The van der Waals surface area contributed by atoms with Gasteiger partial charge in [-0.15, -0.1) is 0 Å². The Kier molecular flexibility index (Phi) is 7.52. The van der Waals surface area contributed by atoms with Crippen molar-refractivity contribution in [3.8, 4) is 67.3 Å². The van der Waals surface area contributed by atoms with Gasteiger partial charge in [0.25, 0.3) is 0 Å². The maximum absolute atomic E-state index is 5.36. The minimum atomic E-state index is -0.158. The molecule has 0 fully saturated rings. The van der Waals surface area contributed by atoms with Crippen molar-refractivity contribution >= 4 is 32.4 Å². The highest BCUT2D eigenvalue weighted by molar-refractivity contribution is 6.07. The van der Waals surface area contributed by atoms with Gasteiger partial charge in [0.05, 0.1) is 16.9 Å². The molecule has 0 spiro atoms. The number of nitrogens with zero attached hydrogens (tertiary/aromatic N) is 3. The smallest absolute Gasteiger partial charge is 0.160 e. The molecule has 11 rings (SSSR count). The van der Waals surface area contributed by atoms with Crippen LogP contribution in [0, 0.1) is 0 Å². The van der Waals surface area contributed by atoms with E-state index in [4.69, 9.17) is 9.97 Å². The van der Waals surface area contributed by atoms with Crippen LogP contribution in [-0.2, 0) is 5.41 Å². The topological polar surface area (TPSA) is 38.7 Å². The van der Waals surface area contributed by atoms with Crippen LogP contribution in [0.5, 0.6) is 0 Å². The van der Waals surface area contributed by atoms with Gasteiger partial charge in [0.1, 0.15) is 0 Å². The van der Waals surface area contributed by atoms with Gasteiger partial charge in [-0.1, -0.05) is 159 Å². The van der Waals surface area contributed by atoms with Gasteiger partial charge in [-0.3, -0.25) is 4.98 Å². The molecule has 8 aromatic carbocycles. The Labute approximate surface area is 332 Å². The average Bonchev–Trinajstić information content (AvgIpc) is 3.50. The largest absolute Gasteiger partial charge is 0.256 e. The molecule has 2 aromatic heterocycles. The molecule has 0 radical (unpaired) electrons. The van der Waals surface area contributed by atoms with Crippen molar-refractivity contribution in [1.29, 1.82) is 0 Å². The first kappa shape index (κ1) is 33.1. The molecule has 3 heteroatoms. The van der Waals surface area contributed by atoms with Crippen molar-refractivity contribution in [1.82, 2.24) is 15.0 Å². The average molecular weight is 728 g/mol. The van der Waals surface area contributed by atoms with Gasteiger partial charge in [0.15, 0.2) is 5.82 Å². The lowest BCUT2D eigenvalue weighted by Crippen LogP contribution is -2.14. The molecule has 0 aliphatic heterocycles.